The van der Waals surface area contributed by atoms with Crippen LogP contribution >= 0.6 is 46.4 Å². The summed E-state index contributed by atoms with van der Waals surface area (Å²) in [4.78, 5) is 28.8. The Balaban J connectivity index is 0.000000314. The Morgan fingerprint density at radius 2 is 1.58 bits per heavy atom. The number of hydrogen-bond donors (Lipinski definition) is 1. The Morgan fingerprint density at radius 1 is 0.907 bits per heavy atom. The zero-order chi connectivity index (χ0) is 30.7. The van der Waals surface area contributed by atoms with Gasteiger partial charge < -0.3 is 4.74 Å². The van der Waals surface area contributed by atoms with Crippen LogP contribution in [0.1, 0.15) is 18.5 Å². The minimum atomic E-state index is -0.961. The van der Waals surface area contributed by atoms with E-state index < -0.39 is 11.9 Å². The Hall–Kier alpha value is -4.15. The molecule has 43 heavy (non-hydrogen) atoms. The highest BCUT2D eigenvalue weighted by atomic mass is 35.5. The van der Waals surface area contributed by atoms with Gasteiger partial charge in [-0.05, 0) is 61.0 Å². The number of aryl methyl sites for hydroxylation is 1. The molecule has 1 amide bonds. The normalized spacial score (nSPS) is 15.3. The van der Waals surface area contributed by atoms with Crippen molar-refractivity contribution in [2.45, 2.75) is 19.9 Å². The fourth-order valence-electron chi connectivity index (χ4n) is 4.26. The van der Waals surface area contributed by atoms with Crippen LogP contribution in [-0.4, -0.2) is 32.7 Å². The number of nitrogens with one attached hydrogen (secondary N) is 1. The van der Waals surface area contributed by atoms with E-state index in [9.17, 15) is 9.59 Å². The van der Waals surface area contributed by atoms with Gasteiger partial charge >= 0.3 is 5.97 Å². The minimum absolute atomic E-state index is 0.199. The summed E-state index contributed by atoms with van der Waals surface area (Å²) in [6, 6.07) is 23.8. The maximum atomic E-state index is 13.7. The van der Waals surface area contributed by atoms with Crippen LogP contribution < -0.4 is 15.2 Å². The second-order valence-electron chi connectivity index (χ2n) is 9.29. The molecule has 13 heteroatoms. The molecule has 0 saturated carbocycles. The molecule has 0 spiro atoms. The predicted octanol–water partition coefficient (Wildman–Crippen LogP) is 7.79. The van der Waals surface area contributed by atoms with Gasteiger partial charge in [0.15, 0.2) is 11.9 Å². The third-order valence-corrected chi connectivity index (χ3v) is 7.23. The Kier molecular flexibility index (Phi) is 9.17. The van der Waals surface area contributed by atoms with E-state index in [1.54, 1.807) is 18.2 Å². The number of amides is 1. The molecule has 0 radical (unpaired) electrons. The number of aromatic nitrogens is 3. The summed E-state index contributed by atoms with van der Waals surface area (Å²) >= 11 is 25.2. The van der Waals surface area contributed by atoms with Gasteiger partial charge in [0.25, 0.3) is 5.91 Å². The van der Waals surface area contributed by atoms with Crippen LogP contribution in [0.4, 0.5) is 11.4 Å². The van der Waals surface area contributed by atoms with Crippen molar-refractivity contribution in [3.63, 3.8) is 0 Å². The smallest absolute Gasteiger partial charge is 0.308 e. The largest absolute Gasteiger partial charge is 0.427 e. The number of carbonyl (C=O) groups excluding carboxylic acids is 2. The molecule has 0 aliphatic carbocycles. The van der Waals surface area contributed by atoms with Crippen molar-refractivity contribution in [1.82, 2.24) is 20.4 Å². The third kappa shape index (κ3) is 6.76. The maximum absolute atomic E-state index is 13.7. The van der Waals surface area contributed by atoms with Crippen molar-refractivity contribution in [3.05, 3.63) is 111 Å². The van der Waals surface area contributed by atoms with E-state index in [1.165, 1.54) is 28.7 Å². The van der Waals surface area contributed by atoms with Crippen molar-refractivity contribution in [2.24, 2.45) is 4.99 Å². The van der Waals surface area contributed by atoms with Crippen molar-refractivity contribution < 1.29 is 14.3 Å². The van der Waals surface area contributed by atoms with Crippen LogP contribution in [0.25, 0.3) is 11.0 Å². The molecule has 1 saturated heterocycles. The number of fused-ring (bicyclic) bond motifs is 1. The highest BCUT2D eigenvalue weighted by molar-refractivity contribution is 6.43. The monoisotopic (exact) mass is 654 g/mol. The van der Waals surface area contributed by atoms with E-state index in [0.29, 0.717) is 32.5 Å². The van der Waals surface area contributed by atoms with Gasteiger partial charge in [-0.15, -0.1) is 5.10 Å². The first-order valence-electron chi connectivity index (χ1n) is 12.8. The number of hydrogen-bond acceptors (Lipinski definition) is 6. The number of ether oxygens (including phenoxy) is 1. The SMILES string of the molecule is CC(=O)Oc1ccccc1.Cc1ccc(Cl)c(N=C2NN(c3c(Cl)cc(Cl)cc3Cl)C(=O)C2n2nnc3ccccc32)c1. The molecule has 9 nitrogen and oxygen atoms in total. The van der Waals surface area contributed by atoms with Gasteiger partial charge in [-0.3, -0.25) is 15.0 Å². The van der Waals surface area contributed by atoms with Crippen molar-refractivity contribution in [2.75, 3.05) is 5.01 Å². The van der Waals surface area contributed by atoms with E-state index in [2.05, 4.69) is 20.7 Å². The number of benzene rings is 4. The van der Waals surface area contributed by atoms with E-state index in [0.717, 1.165) is 5.56 Å². The lowest BCUT2D eigenvalue weighted by atomic mass is 10.2. The summed E-state index contributed by atoms with van der Waals surface area (Å²) < 4.78 is 6.28. The van der Waals surface area contributed by atoms with E-state index in [-0.39, 0.29) is 27.5 Å². The zero-order valence-electron chi connectivity index (χ0n) is 22.6. The van der Waals surface area contributed by atoms with Crippen LogP contribution in [0.15, 0.2) is 89.9 Å². The summed E-state index contributed by atoms with van der Waals surface area (Å²) in [5.41, 5.74) is 6.05. The molecular formula is C30H22Cl4N6O3. The molecule has 1 unspecified atom stereocenters. The number of carbonyl (C=O) groups is 2. The predicted molar refractivity (Wildman–Crippen MR) is 170 cm³/mol. The highest BCUT2D eigenvalue weighted by Crippen LogP contribution is 2.39. The lowest BCUT2D eigenvalue weighted by Crippen LogP contribution is -2.36. The molecule has 1 aliphatic heterocycles. The minimum Gasteiger partial charge on any atom is -0.427 e. The van der Waals surface area contributed by atoms with Crippen LogP contribution in [0.3, 0.4) is 0 Å². The van der Waals surface area contributed by atoms with Gasteiger partial charge in [0.1, 0.15) is 17.0 Å². The molecule has 218 valence electrons. The van der Waals surface area contributed by atoms with Crippen molar-refractivity contribution >= 4 is 86.5 Å². The maximum Gasteiger partial charge on any atom is 0.308 e. The number of esters is 1. The number of aliphatic imine (C=N–C) groups is 1. The number of hydrazine groups is 1. The Labute approximate surface area is 266 Å². The summed E-state index contributed by atoms with van der Waals surface area (Å²) in [5, 5.41) is 10.8. The standard InChI is InChI=1S/C22H14Cl4N6O.C8H8O2/c1-11-6-7-13(24)17(8-11)27-21-20(31-18-5-3-2-4-16(18)28-30-31)22(33)32(29-21)19-14(25)9-12(23)10-15(19)26;1-7(9)10-8-5-3-2-4-6-8/h2-10,20H,1H3,(H,27,29);2-6H,1H3. The fourth-order valence-corrected chi connectivity index (χ4v) is 5.41. The quantitative estimate of drug-likeness (QED) is 0.157. The van der Waals surface area contributed by atoms with Crippen molar-refractivity contribution in [3.8, 4) is 5.75 Å². The second-order valence-corrected chi connectivity index (χ2v) is 10.9. The lowest BCUT2D eigenvalue weighted by molar-refractivity contribution is -0.131. The molecule has 1 aliphatic rings. The number of amidine groups is 1. The first-order chi connectivity index (χ1) is 20.6. The molecule has 0 bridgehead atoms. The molecule has 5 aromatic rings. The van der Waals surface area contributed by atoms with E-state index >= 15 is 0 Å². The van der Waals surface area contributed by atoms with Gasteiger partial charge in [-0.25, -0.2) is 14.7 Å². The fraction of sp³-hybridized carbons (Fsp3) is 0.100. The van der Waals surface area contributed by atoms with Gasteiger partial charge in [-0.2, -0.15) is 0 Å². The summed E-state index contributed by atoms with van der Waals surface area (Å²) in [6.07, 6.45) is 0. The van der Waals surface area contributed by atoms with Gasteiger partial charge in [0, 0.05) is 11.9 Å². The number of rotatable bonds is 4. The average molecular weight is 656 g/mol. The molecule has 1 N–H and O–H groups in total. The summed E-state index contributed by atoms with van der Waals surface area (Å²) in [6.45, 7) is 3.31. The first-order valence-corrected chi connectivity index (χ1v) is 14.3. The lowest BCUT2D eigenvalue weighted by Gasteiger charge is -2.19. The van der Waals surface area contributed by atoms with E-state index in [4.69, 9.17) is 51.1 Å². The van der Waals surface area contributed by atoms with Gasteiger partial charge in [-0.1, -0.05) is 88.0 Å². The molecular weight excluding hydrogens is 634 g/mol. The van der Waals surface area contributed by atoms with E-state index in [1.807, 2.05) is 61.5 Å². The summed E-state index contributed by atoms with van der Waals surface area (Å²) in [7, 11) is 0. The molecule has 6 rings (SSSR count). The van der Waals surface area contributed by atoms with Crippen LogP contribution in [0, 0.1) is 6.92 Å². The summed E-state index contributed by atoms with van der Waals surface area (Å²) in [5.74, 6) is 0.186. The number of halogens is 4. The van der Waals surface area contributed by atoms with Crippen LogP contribution in [0.2, 0.25) is 20.1 Å². The number of anilines is 1. The van der Waals surface area contributed by atoms with Crippen molar-refractivity contribution in [1.29, 1.82) is 0 Å². The second kappa shape index (κ2) is 13.0. The number of nitrogens with zero attached hydrogens (tertiary/aromatic N) is 5. The molecule has 1 aromatic heterocycles. The van der Waals surface area contributed by atoms with Crippen LogP contribution in [-0.2, 0) is 9.59 Å². The molecule has 4 aromatic carbocycles. The first kappa shape index (κ1) is 30.3. The zero-order valence-corrected chi connectivity index (χ0v) is 25.7. The average Bonchev–Trinajstić information content (AvgIpc) is 3.51. The molecule has 2 heterocycles. The third-order valence-electron chi connectivity index (χ3n) is 6.11. The molecule has 1 fully saturated rings. The van der Waals surface area contributed by atoms with Gasteiger partial charge in [0.2, 0.25) is 0 Å². The Morgan fingerprint density at radius 3 is 2.28 bits per heavy atom. The topological polar surface area (TPSA) is 102 Å². The molecule has 1 atom stereocenters. The Bertz CT molecular complexity index is 1840. The number of para-hydroxylation sites is 2. The van der Waals surface area contributed by atoms with Crippen LogP contribution in [0.5, 0.6) is 5.75 Å². The van der Waals surface area contributed by atoms with Gasteiger partial charge in [0.05, 0.1) is 26.3 Å². The highest BCUT2D eigenvalue weighted by Gasteiger charge is 2.43.